The van der Waals surface area contributed by atoms with Crippen LogP contribution < -0.4 is 16.3 Å². The first-order valence-electron chi connectivity index (χ1n) is 10.3. The highest BCUT2D eigenvalue weighted by Gasteiger charge is 2.15. The number of hydrogen-bond donors (Lipinski definition) is 1. The molecule has 0 aliphatic rings. The number of carbonyl (C=O) groups is 1. The van der Waals surface area contributed by atoms with Crippen LogP contribution in [-0.2, 0) is 11.3 Å². The van der Waals surface area contributed by atoms with E-state index < -0.39 is 0 Å². The van der Waals surface area contributed by atoms with Crippen molar-refractivity contribution in [3.05, 3.63) is 51.4 Å². The first-order valence-corrected chi connectivity index (χ1v) is 13.0. The second-order valence-corrected chi connectivity index (χ2v) is 10.4. The average Bonchev–Trinajstić information content (AvgIpc) is 3.44. The Labute approximate surface area is 205 Å². The lowest BCUT2D eigenvalue weighted by atomic mass is 9.95. The number of amides is 1. The van der Waals surface area contributed by atoms with E-state index in [4.69, 9.17) is 7.85 Å². The molecule has 1 aromatic carbocycles. The minimum absolute atomic E-state index is 0.0512. The van der Waals surface area contributed by atoms with Crippen LogP contribution in [0.25, 0.3) is 21.5 Å². The van der Waals surface area contributed by atoms with Crippen LogP contribution in [0.3, 0.4) is 0 Å². The molecule has 0 saturated carbocycles. The van der Waals surface area contributed by atoms with Crippen LogP contribution in [-0.4, -0.2) is 59.6 Å². The summed E-state index contributed by atoms with van der Waals surface area (Å²) in [5.74, 6) is -0.0651. The number of thioether (sulfide) groups is 1. The second-order valence-electron chi connectivity index (χ2n) is 7.64. The summed E-state index contributed by atoms with van der Waals surface area (Å²) < 4.78 is 2.33. The Morgan fingerprint density at radius 1 is 1.18 bits per heavy atom. The van der Waals surface area contributed by atoms with Crippen molar-refractivity contribution in [2.45, 2.75) is 18.1 Å². The Morgan fingerprint density at radius 3 is 2.73 bits per heavy atom. The van der Waals surface area contributed by atoms with Gasteiger partial charge in [0.2, 0.25) is 5.91 Å². The summed E-state index contributed by atoms with van der Waals surface area (Å²) in [6, 6.07) is 9.27. The van der Waals surface area contributed by atoms with Gasteiger partial charge < -0.3 is 10.2 Å². The summed E-state index contributed by atoms with van der Waals surface area (Å²) in [6.45, 7) is 1.42. The number of nitrogens with zero attached hydrogens (tertiary/aromatic N) is 4. The second kappa shape index (κ2) is 10.6. The lowest BCUT2D eigenvalue weighted by Gasteiger charge is -2.13. The van der Waals surface area contributed by atoms with Gasteiger partial charge in [-0.15, -0.1) is 22.7 Å². The molecule has 3 aromatic heterocycles. The van der Waals surface area contributed by atoms with E-state index in [1.54, 1.807) is 4.57 Å². The van der Waals surface area contributed by atoms with Crippen LogP contribution in [0, 0.1) is 0 Å². The predicted octanol–water partition coefficient (Wildman–Crippen LogP) is 3.06. The molecule has 1 N–H and O–H groups in total. The maximum Gasteiger partial charge on any atom is 0.272 e. The molecule has 3 heterocycles. The van der Waals surface area contributed by atoms with Gasteiger partial charge in [0, 0.05) is 17.5 Å². The molecule has 0 aliphatic carbocycles. The molecule has 2 radical (unpaired) electrons. The Hall–Kier alpha value is -2.47. The van der Waals surface area contributed by atoms with Crippen molar-refractivity contribution in [2.24, 2.45) is 0 Å². The van der Waals surface area contributed by atoms with E-state index in [0.717, 1.165) is 24.2 Å². The molecule has 1 amide bonds. The molecule has 0 saturated heterocycles. The van der Waals surface area contributed by atoms with Crippen LogP contribution in [0.15, 0.2) is 51.0 Å². The molecule has 33 heavy (non-hydrogen) atoms. The summed E-state index contributed by atoms with van der Waals surface area (Å²) in [6.07, 6.45) is 0.818. The molecule has 4 aromatic rings. The van der Waals surface area contributed by atoms with Gasteiger partial charge in [-0.05, 0) is 38.5 Å². The third-order valence-electron chi connectivity index (χ3n) is 4.81. The topological polar surface area (TPSA) is 80.1 Å². The van der Waals surface area contributed by atoms with Crippen LogP contribution in [0.5, 0.6) is 0 Å². The zero-order valence-corrected chi connectivity index (χ0v) is 20.7. The van der Waals surface area contributed by atoms with Crippen LogP contribution >= 0.6 is 34.4 Å². The molecule has 4 rings (SSSR count). The quantitative estimate of drug-likeness (QED) is 0.219. The Kier molecular flexibility index (Phi) is 7.64. The molecule has 168 valence electrons. The van der Waals surface area contributed by atoms with E-state index in [9.17, 15) is 9.59 Å². The summed E-state index contributed by atoms with van der Waals surface area (Å²) in [4.78, 5) is 36.8. The zero-order valence-electron chi connectivity index (χ0n) is 18.3. The molecule has 0 unspecified atom stereocenters. The average molecular weight is 495 g/mol. The molecule has 0 atom stereocenters. The minimum Gasteiger partial charge on any atom is -0.309 e. The highest BCUT2D eigenvalue weighted by Crippen LogP contribution is 2.25. The number of benzene rings is 1. The third-order valence-corrected chi connectivity index (χ3v) is 7.43. The number of rotatable bonds is 9. The lowest BCUT2D eigenvalue weighted by Crippen LogP contribution is -2.25. The number of hydrogen-bond acceptors (Lipinski definition) is 8. The van der Waals surface area contributed by atoms with Gasteiger partial charge in [-0.2, -0.15) is 0 Å². The molecule has 11 heteroatoms. The highest BCUT2D eigenvalue weighted by molar-refractivity contribution is 7.99. The number of thiophene rings is 1. The Balaban J connectivity index is 1.44. The monoisotopic (exact) mass is 495 g/mol. The fourth-order valence-electron chi connectivity index (χ4n) is 3.18. The first kappa shape index (κ1) is 23.7. The van der Waals surface area contributed by atoms with Crippen LogP contribution in [0.1, 0.15) is 6.42 Å². The van der Waals surface area contributed by atoms with Crippen molar-refractivity contribution < 1.29 is 4.79 Å². The number of carbonyl (C=O) groups excluding carboxylic acids is 1. The van der Waals surface area contributed by atoms with Gasteiger partial charge in [0.25, 0.3) is 5.56 Å². The molecular weight excluding hydrogens is 473 g/mol. The van der Waals surface area contributed by atoms with Gasteiger partial charge in [0.15, 0.2) is 10.3 Å². The van der Waals surface area contributed by atoms with E-state index >= 15 is 0 Å². The summed E-state index contributed by atoms with van der Waals surface area (Å²) in [5.41, 5.74) is 3.02. The fourth-order valence-corrected chi connectivity index (χ4v) is 5.52. The van der Waals surface area contributed by atoms with Crippen LogP contribution in [0.4, 0.5) is 5.13 Å². The molecule has 0 aliphatic heterocycles. The number of anilines is 1. The van der Waals surface area contributed by atoms with Crippen LogP contribution in [0.2, 0.25) is 0 Å². The van der Waals surface area contributed by atoms with E-state index in [1.807, 2.05) is 55.2 Å². The van der Waals surface area contributed by atoms with Crippen molar-refractivity contribution in [1.29, 1.82) is 0 Å². The molecule has 7 nitrogen and oxygen atoms in total. The normalized spacial score (nSPS) is 11.4. The predicted molar refractivity (Wildman–Crippen MR) is 139 cm³/mol. The maximum atomic E-state index is 13.0. The zero-order chi connectivity index (χ0) is 23.4. The number of aromatic nitrogens is 3. The number of nitrogens with one attached hydrogen (secondary N) is 1. The van der Waals surface area contributed by atoms with Gasteiger partial charge in [-0.25, -0.2) is 9.97 Å². The Morgan fingerprint density at radius 2 is 1.97 bits per heavy atom. The van der Waals surface area contributed by atoms with Gasteiger partial charge in [-0.3, -0.25) is 14.2 Å². The summed E-state index contributed by atoms with van der Waals surface area (Å²) in [7, 11) is 9.74. The number of fused-ring (bicyclic) bond motifs is 1. The smallest absolute Gasteiger partial charge is 0.272 e. The van der Waals surface area contributed by atoms with Gasteiger partial charge in [-0.1, -0.05) is 41.5 Å². The largest absolute Gasteiger partial charge is 0.309 e. The fraction of sp³-hybridized carbons (Fsp3) is 0.273. The van der Waals surface area contributed by atoms with E-state index in [0.29, 0.717) is 32.5 Å². The minimum atomic E-state index is -0.197. The number of thiazole rings is 1. The van der Waals surface area contributed by atoms with Gasteiger partial charge in [0.05, 0.1) is 17.0 Å². The molecular formula is C22H22BN5O2S3. The summed E-state index contributed by atoms with van der Waals surface area (Å²) in [5, 5.41) is 7.68. The van der Waals surface area contributed by atoms with Gasteiger partial charge in [0.1, 0.15) is 12.5 Å². The van der Waals surface area contributed by atoms with E-state index in [2.05, 4.69) is 20.2 Å². The van der Waals surface area contributed by atoms with Crippen molar-refractivity contribution in [2.75, 3.05) is 31.7 Å². The summed E-state index contributed by atoms with van der Waals surface area (Å²) >= 11 is 4.02. The van der Waals surface area contributed by atoms with Gasteiger partial charge >= 0.3 is 0 Å². The SMILES string of the molecule is [B]c1ccc(-c2csc(NC(=O)CSc3nc4ccsc4c(=O)n3CCCN(C)C)n2)cc1. The lowest BCUT2D eigenvalue weighted by molar-refractivity contribution is -0.113. The molecule has 0 fully saturated rings. The highest BCUT2D eigenvalue weighted by atomic mass is 32.2. The van der Waals surface area contributed by atoms with E-state index in [-0.39, 0.29) is 17.2 Å². The Bertz CT molecular complexity index is 1310. The first-order chi connectivity index (χ1) is 15.9. The van der Waals surface area contributed by atoms with E-state index in [1.165, 1.54) is 34.4 Å². The molecule has 0 spiro atoms. The van der Waals surface area contributed by atoms with Crippen molar-refractivity contribution >= 4 is 69.0 Å². The standard InChI is InChI=1S/C22H22BN5O2S3/c1-27(2)9-3-10-28-20(30)19-16(8-11-31-19)25-22(28)33-13-18(29)26-21-24-17(12-32-21)14-4-6-15(23)7-5-14/h4-8,11-12H,3,9-10,13H2,1-2H3,(H,24,26,29). The third kappa shape index (κ3) is 5.91. The van der Waals surface area contributed by atoms with Crippen molar-refractivity contribution in [1.82, 2.24) is 19.4 Å². The van der Waals surface area contributed by atoms with Crippen molar-refractivity contribution in [3.8, 4) is 11.3 Å². The molecule has 0 bridgehead atoms. The maximum absolute atomic E-state index is 13.0. The van der Waals surface area contributed by atoms with Crippen molar-refractivity contribution in [3.63, 3.8) is 0 Å².